The monoisotopic (exact) mass is 214 g/mol. The van der Waals surface area contributed by atoms with Gasteiger partial charge in [0, 0.05) is 12.8 Å². The molecule has 1 spiro atoms. The Morgan fingerprint density at radius 2 is 1.87 bits per heavy atom. The van der Waals surface area contributed by atoms with Crippen LogP contribution >= 0.6 is 0 Å². The Morgan fingerprint density at radius 1 is 1.33 bits per heavy atom. The van der Waals surface area contributed by atoms with Crippen molar-refractivity contribution < 1.29 is 19.4 Å². The van der Waals surface area contributed by atoms with Gasteiger partial charge in [0.1, 0.15) is 0 Å². The number of hydrogen-bond acceptors (Lipinski definition) is 3. The van der Waals surface area contributed by atoms with Crippen LogP contribution in [0.2, 0.25) is 0 Å². The fourth-order valence-corrected chi connectivity index (χ4v) is 2.57. The van der Waals surface area contributed by atoms with Crippen LogP contribution in [0.4, 0.5) is 0 Å². The average Bonchev–Trinajstić information content (AvgIpc) is 2.67. The van der Waals surface area contributed by atoms with Crippen molar-refractivity contribution in [3.05, 3.63) is 0 Å². The summed E-state index contributed by atoms with van der Waals surface area (Å²) in [5.74, 6) is -1.02. The van der Waals surface area contributed by atoms with Crippen molar-refractivity contribution in [2.24, 2.45) is 11.8 Å². The highest BCUT2D eigenvalue weighted by Gasteiger charge is 2.42. The Bertz CT molecular complexity index is 235. The number of rotatable bonds is 2. The summed E-state index contributed by atoms with van der Waals surface area (Å²) in [6.45, 7) is 3.15. The van der Waals surface area contributed by atoms with Gasteiger partial charge in [0.25, 0.3) is 0 Å². The SMILES string of the molecule is CC(C(=O)O)C1CCC2(CC1)OCCO2. The van der Waals surface area contributed by atoms with Crippen molar-refractivity contribution in [1.82, 2.24) is 0 Å². The fraction of sp³-hybridized carbons (Fsp3) is 0.909. The van der Waals surface area contributed by atoms with Crippen LogP contribution in [0.25, 0.3) is 0 Å². The molecule has 1 saturated carbocycles. The van der Waals surface area contributed by atoms with Gasteiger partial charge in [0.05, 0.1) is 19.1 Å². The third-order valence-electron chi connectivity index (χ3n) is 3.70. The van der Waals surface area contributed by atoms with Crippen LogP contribution < -0.4 is 0 Å². The van der Waals surface area contributed by atoms with Crippen molar-refractivity contribution in [2.45, 2.75) is 38.4 Å². The van der Waals surface area contributed by atoms with Crippen molar-refractivity contribution in [1.29, 1.82) is 0 Å². The molecule has 1 unspecified atom stereocenters. The molecular formula is C11H18O4. The highest BCUT2D eigenvalue weighted by atomic mass is 16.7. The standard InChI is InChI=1S/C11H18O4/c1-8(10(12)13)9-2-4-11(5-3-9)14-6-7-15-11/h8-9H,2-7H2,1H3,(H,12,13). The Hall–Kier alpha value is -0.610. The molecule has 0 amide bonds. The Labute approximate surface area is 89.6 Å². The summed E-state index contributed by atoms with van der Waals surface area (Å²) in [6.07, 6.45) is 3.48. The minimum atomic E-state index is -0.691. The van der Waals surface area contributed by atoms with E-state index in [1.807, 2.05) is 0 Å². The summed E-state index contributed by atoms with van der Waals surface area (Å²) in [5, 5.41) is 8.93. The van der Waals surface area contributed by atoms with Crippen LogP contribution in [-0.2, 0) is 14.3 Å². The van der Waals surface area contributed by atoms with Crippen LogP contribution in [0.5, 0.6) is 0 Å². The van der Waals surface area contributed by atoms with E-state index < -0.39 is 5.97 Å². The average molecular weight is 214 g/mol. The van der Waals surface area contributed by atoms with Crippen LogP contribution in [0.15, 0.2) is 0 Å². The first-order valence-electron chi connectivity index (χ1n) is 5.64. The van der Waals surface area contributed by atoms with E-state index in [1.54, 1.807) is 6.92 Å². The Balaban J connectivity index is 1.89. The van der Waals surface area contributed by atoms with E-state index in [4.69, 9.17) is 14.6 Å². The van der Waals surface area contributed by atoms with Gasteiger partial charge in [0.2, 0.25) is 0 Å². The molecule has 2 fully saturated rings. The lowest BCUT2D eigenvalue weighted by molar-refractivity contribution is -0.186. The van der Waals surface area contributed by atoms with Crippen LogP contribution in [0.3, 0.4) is 0 Å². The van der Waals surface area contributed by atoms with Gasteiger partial charge in [-0.25, -0.2) is 0 Å². The summed E-state index contributed by atoms with van der Waals surface area (Å²) in [5.41, 5.74) is 0. The molecule has 2 aliphatic rings. The number of carbonyl (C=O) groups is 1. The first-order valence-corrected chi connectivity index (χ1v) is 5.64. The molecule has 0 bridgehead atoms. The molecule has 0 aromatic rings. The molecule has 2 rings (SSSR count). The lowest BCUT2D eigenvalue weighted by atomic mass is 9.78. The van der Waals surface area contributed by atoms with E-state index in [-0.39, 0.29) is 17.6 Å². The molecule has 4 nitrogen and oxygen atoms in total. The number of carboxylic acid groups (broad SMARTS) is 1. The van der Waals surface area contributed by atoms with Crippen molar-refractivity contribution in [2.75, 3.05) is 13.2 Å². The zero-order valence-corrected chi connectivity index (χ0v) is 9.07. The Kier molecular flexibility index (Phi) is 2.98. The van der Waals surface area contributed by atoms with E-state index in [1.165, 1.54) is 0 Å². The molecule has 1 aliphatic heterocycles. The maximum atomic E-state index is 10.8. The van der Waals surface area contributed by atoms with Gasteiger partial charge in [-0.3, -0.25) is 4.79 Å². The first-order chi connectivity index (χ1) is 7.13. The van der Waals surface area contributed by atoms with E-state index in [9.17, 15) is 4.79 Å². The largest absolute Gasteiger partial charge is 0.481 e. The van der Waals surface area contributed by atoms with Crippen molar-refractivity contribution in [3.63, 3.8) is 0 Å². The molecule has 1 aliphatic carbocycles. The van der Waals surface area contributed by atoms with Gasteiger partial charge < -0.3 is 14.6 Å². The molecule has 86 valence electrons. The molecule has 0 aromatic heterocycles. The van der Waals surface area contributed by atoms with Crippen LogP contribution in [0, 0.1) is 11.8 Å². The second kappa shape index (κ2) is 4.10. The molecule has 0 radical (unpaired) electrons. The van der Waals surface area contributed by atoms with Gasteiger partial charge >= 0.3 is 5.97 Å². The minimum Gasteiger partial charge on any atom is -0.481 e. The quantitative estimate of drug-likeness (QED) is 0.759. The van der Waals surface area contributed by atoms with E-state index in [2.05, 4.69) is 0 Å². The molecular weight excluding hydrogens is 196 g/mol. The predicted octanol–water partition coefficient (Wildman–Crippen LogP) is 1.64. The lowest BCUT2D eigenvalue weighted by Gasteiger charge is -2.36. The summed E-state index contributed by atoms with van der Waals surface area (Å²) in [7, 11) is 0. The van der Waals surface area contributed by atoms with Crippen LogP contribution in [0.1, 0.15) is 32.6 Å². The lowest BCUT2D eigenvalue weighted by Crippen LogP contribution is -2.37. The summed E-state index contributed by atoms with van der Waals surface area (Å²) >= 11 is 0. The number of carboxylic acids is 1. The maximum absolute atomic E-state index is 10.8. The molecule has 1 saturated heterocycles. The summed E-state index contributed by atoms with van der Waals surface area (Å²) in [6, 6.07) is 0. The normalized spacial score (nSPS) is 28.1. The maximum Gasteiger partial charge on any atom is 0.306 e. The van der Waals surface area contributed by atoms with E-state index >= 15 is 0 Å². The number of aliphatic carboxylic acids is 1. The summed E-state index contributed by atoms with van der Waals surface area (Å²) < 4.78 is 11.2. The van der Waals surface area contributed by atoms with Crippen molar-refractivity contribution >= 4 is 5.97 Å². The van der Waals surface area contributed by atoms with Gasteiger partial charge in [0.15, 0.2) is 5.79 Å². The third-order valence-corrected chi connectivity index (χ3v) is 3.70. The van der Waals surface area contributed by atoms with Gasteiger partial charge in [-0.05, 0) is 18.8 Å². The third kappa shape index (κ3) is 2.16. The highest BCUT2D eigenvalue weighted by Crippen LogP contribution is 2.40. The molecule has 4 heteroatoms. The second-order valence-corrected chi connectivity index (χ2v) is 4.57. The molecule has 1 atom stereocenters. The van der Waals surface area contributed by atoms with Gasteiger partial charge in [-0.15, -0.1) is 0 Å². The molecule has 1 heterocycles. The Morgan fingerprint density at radius 3 is 2.33 bits per heavy atom. The van der Waals surface area contributed by atoms with E-state index in [0.29, 0.717) is 13.2 Å². The second-order valence-electron chi connectivity index (χ2n) is 4.57. The van der Waals surface area contributed by atoms with E-state index in [0.717, 1.165) is 25.7 Å². The highest BCUT2D eigenvalue weighted by molar-refractivity contribution is 5.69. The zero-order chi connectivity index (χ0) is 10.9. The molecule has 15 heavy (non-hydrogen) atoms. The van der Waals surface area contributed by atoms with Crippen molar-refractivity contribution in [3.8, 4) is 0 Å². The zero-order valence-electron chi connectivity index (χ0n) is 9.07. The summed E-state index contributed by atoms with van der Waals surface area (Å²) in [4.78, 5) is 10.8. The smallest absolute Gasteiger partial charge is 0.306 e. The molecule has 1 N–H and O–H groups in total. The van der Waals surface area contributed by atoms with Crippen LogP contribution in [-0.4, -0.2) is 30.1 Å². The minimum absolute atomic E-state index is 0.247. The number of ether oxygens (including phenoxy) is 2. The van der Waals surface area contributed by atoms with Gasteiger partial charge in [-0.1, -0.05) is 6.92 Å². The predicted molar refractivity (Wildman–Crippen MR) is 53.4 cm³/mol. The first kappa shape index (κ1) is 10.9. The molecule has 0 aromatic carbocycles. The number of hydrogen-bond donors (Lipinski definition) is 1. The van der Waals surface area contributed by atoms with Gasteiger partial charge in [-0.2, -0.15) is 0 Å². The fourth-order valence-electron chi connectivity index (χ4n) is 2.57. The topological polar surface area (TPSA) is 55.8 Å².